The Bertz CT molecular complexity index is 482. The summed E-state index contributed by atoms with van der Waals surface area (Å²) in [4.78, 5) is 4.88. The number of hydrogen-bond acceptors (Lipinski definition) is 4. The Hall–Kier alpha value is -0.940. The van der Waals surface area contributed by atoms with E-state index in [2.05, 4.69) is 16.8 Å². The SMILES string of the molecule is CN(CC1CCN(CC(O)c2ccccc2)CC1)CC1CCCCO1. The minimum atomic E-state index is -0.371. The van der Waals surface area contributed by atoms with E-state index in [1.165, 1.54) is 38.6 Å². The number of hydrogen-bond donors (Lipinski definition) is 1. The molecule has 2 aliphatic heterocycles. The lowest BCUT2D eigenvalue weighted by atomic mass is 9.95. The minimum Gasteiger partial charge on any atom is -0.387 e. The van der Waals surface area contributed by atoms with Gasteiger partial charge in [0.1, 0.15) is 0 Å². The molecule has 1 aromatic carbocycles. The maximum atomic E-state index is 10.4. The van der Waals surface area contributed by atoms with Crippen molar-refractivity contribution < 1.29 is 9.84 Å². The van der Waals surface area contributed by atoms with Crippen LogP contribution in [0, 0.1) is 5.92 Å². The second-order valence-corrected chi connectivity index (χ2v) is 7.88. The van der Waals surface area contributed by atoms with E-state index in [0.717, 1.165) is 44.3 Å². The van der Waals surface area contributed by atoms with E-state index < -0.39 is 0 Å². The van der Waals surface area contributed by atoms with Crippen molar-refractivity contribution in [1.82, 2.24) is 9.80 Å². The highest BCUT2D eigenvalue weighted by Crippen LogP contribution is 2.22. The first-order valence-electron chi connectivity index (χ1n) is 9.96. The maximum Gasteiger partial charge on any atom is 0.0916 e. The average molecular weight is 347 g/mol. The van der Waals surface area contributed by atoms with E-state index >= 15 is 0 Å². The first-order chi connectivity index (χ1) is 12.2. The Kier molecular flexibility index (Phi) is 7.29. The van der Waals surface area contributed by atoms with Crippen molar-refractivity contribution in [2.45, 2.75) is 44.3 Å². The summed E-state index contributed by atoms with van der Waals surface area (Å²) in [5, 5.41) is 10.4. The molecular weight excluding hydrogens is 312 g/mol. The lowest BCUT2D eigenvalue weighted by Crippen LogP contribution is -2.41. The molecule has 0 spiro atoms. The van der Waals surface area contributed by atoms with Crippen LogP contribution in [0.4, 0.5) is 0 Å². The van der Waals surface area contributed by atoms with Gasteiger partial charge in [0.25, 0.3) is 0 Å². The zero-order valence-corrected chi connectivity index (χ0v) is 15.6. The Morgan fingerprint density at radius 3 is 2.56 bits per heavy atom. The molecule has 0 aromatic heterocycles. The number of likely N-dealkylation sites (N-methyl/N-ethyl adjacent to an activating group) is 1. The van der Waals surface area contributed by atoms with E-state index in [-0.39, 0.29) is 6.10 Å². The van der Waals surface area contributed by atoms with E-state index in [9.17, 15) is 5.11 Å². The van der Waals surface area contributed by atoms with Gasteiger partial charge >= 0.3 is 0 Å². The van der Waals surface area contributed by atoms with Crippen molar-refractivity contribution in [2.75, 3.05) is 46.4 Å². The van der Waals surface area contributed by atoms with Crippen LogP contribution in [-0.4, -0.2) is 67.4 Å². The molecule has 2 heterocycles. The maximum absolute atomic E-state index is 10.4. The third-order valence-electron chi connectivity index (χ3n) is 5.68. The van der Waals surface area contributed by atoms with Crippen LogP contribution in [-0.2, 0) is 4.74 Å². The molecule has 2 unspecified atom stereocenters. The molecule has 1 aromatic rings. The molecule has 2 fully saturated rings. The second-order valence-electron chi connectivity index (χ2n) is 7.88. The molecule has 2 saturated heterocycles. The van der Waals surface area contributed by atoms with Crippen molar-refractivity contribution in [3.63, 3.8) is 0 Å². The first-order valence-corrected chi connectivity index (χ1v) is 9.96. The normalized spacial score (nSPS) is 24.5. The van der Waals surface area contributed by atoms with Crippen LogP contribution in [0.2, 0.25) is 0 Å². The zero-order chi connectivity index (χ0) is 17.5. The molecule has 25 heavy (non-hydrogen) atoms. The van der Waals surface area contributed by atoms with Crippen LogP contribution in [0.25, 0.3) is 0 Å². The first kappa shape index (κ1) is 18.8. The summed E-state index contributed by atoms with van der Waals surface area (Å²) in [5.74, 6) is 0.777. The predicted molar refractivity (Wildman–Crippen MR) is 102 cm³/mol. The highest BCUT2D eigenvalue weighted by molar-refractivity contribution is 5.17. The number of β-amino-alcohol motifs (C(OH)–C–C–N with tert-alkyl or cyclic N) is 1. The molecule has 4 heteroatoms. The number of aliphatic hydroxyl groups is 1. The number of piperidine rings is 1. The van der Waals surface area contributed by atoms with E-state index in [4.69, 9.17) is 4.74 Å². The zero-order valence-electron chi connectivity index (χ0n) is 15.6. The quantitative estimate of drug-likeness (QED) is 0.823. The second kappa shape index (κ2) is 9.67. The topological polar surface area (TPSA) is 35.9 Å². The number of nitrogens with zero attached hydrogens (tertiary/aromatic N) is 2. The van der Waals surface area contributed by atoms with Gasteiger partial charge < -0.3 is 19.6 Å². The molecule has 0 bridgehead atoms. The van der Waals surface area contributed by atoms with Crippen LogP contribution < -0.4 is 0 Å². The third kappa shape index (κ3) is 6.07. The molecule has 0 amide bonds. The largest absolute Gasteiger partial charge is 0.387 e. The number of likely N-dealkylation sites (tertiary alicyclic amines) is 1. The molecule has 0 radical (unpaired) electrons. The van der Waals surface area contributed by atoms with Gasteiger partial charge in [0.15, 0.2) is 0 Å². The highest BCUT2D eigenvalue weighted by Gasteiger charge is 2.23. The van der Waals surface area contributed by atoms with Gasteiger partial charge in [-0.15, -0.1) is 0 Å². The van der Waals surface area contributed by atoms with Gasteiger partial charge in [-0.05, 0) is 63.7 Å². The van der Waals surface area contributed by atoms with Crippen molar-refractivity contribution >= 4 is 0 Å². The lowest BCUT2D eigenvalue weighted by Gasteiger charge is -2.36. The number of benzene rings is 1. The molecule has 4 nitrogen and oxygen atoms in total. The van der Waals surface area contributed by atoms with Gasteiger partial charge in [-0.3, -0.25) is 0 Å². The summed E-state index contributed by atoms with van der Waals surface area (Å²) in [6.07, 6.45) is 6.31. The van der Waals surface area contributed by atoms with Crippen molar-refractivity contribution in [1.29, 1.82) is 0 Å². The van der Waals surface area contributed by atoms with E-state index in [0.29, 0.717) is 6.10 Å². The van der Waals surface area contributed by atoms with Crippen molar-refractivity contribution in [2.24, 2.45) is 5.92 Å². The molecule has 2 atom stereocenters. The van der Waals surface area contributed by atoms with Crippen LogP contribution in [0.1, 0.15) is 43.8 Å². The fourth-order valence-electron chi connectivity index (χ4n) is 4.19. The lowest BCUT2D eigenvalue weighted by molar-refractivity contribution is -0.00546. The predicted octanol–water partition coefficient (Wildman–Crippen LogP) is 2.93. The number of aliphatic hydroxyl groups excluding tert-OH is 1. The smallest absolute Gasteiger partial charge is 0.0916 e. The Labute approximate surface area is 152 Å². The third-order valence-corrected chi connectivity index (χ3v) is 5.68. The average Bonchev–Trinajstić information content (AvgIpc) is 2.65. The summed E-state index contributed by atoms with van der Waals surface area (Å²) in [7, 11) is 2.24. The Morgan fingerprint density at radius 1 is 1.12 bits per heavy atom. The molecule has 0 aliphatic carbocycles. The summed E-state index contributed by atoms with van der Waals surface area (Å²) >= 11 is 0. The number of rotatable bonds is 7. The van der Waals surface area contributed by atoms with Crippen LogP contribution >= 0.6 is 0 Å². The summed E-state index contributed by atoms with van der Waals surface area (Å²) in [6.45, 7) is 6.15. The molecule has 3 rings (SSSR count). The van der Waals surface area contributed by atoms with Crippen LogP contribution in [0.5, 0.6) is 0 Å². The van der Waals surface area contributed by atoms with Gasteiger partial charge in [-0.2, -0.15) is 0 Å². The standard InChI is InChI=1S/C21H34N2O2/c1-22(16-20-9-5-6-14-25-20)15-18-10-12-23(13-11-18)17-21(24)19-7-3-2-4-8-19/h2-4,7-8,18,20-21,24H,5-6,9-17H2,1H3. The molecule has 2 aliphatic rings. The molecule has 1 N–H and O–H groups in total. The Balaban J connectivity index is 1.35. The van der Waals surface area contributed by atoms with Gasteiger partial charge in [-0.25, -0.2) is 0 Å². The fourth-order valence-corrected chi connectivity index (χ4v) is 4.19. The van der Waals surface area contributed by atoms with Crippen molar-refractivity contribution in [3.8, 4) is 0 Å². The monoisotopic (exact) mass is 346 g/mol. The van der Waals surface area contributed by atoms with Crippen LogP contribution in [0.3, 0.4) is 0 Å². The molecular formula is C21H34N2O2. The van der Waals surface area contributed by atoms with Crippen molar-refractivity contribution in [3.05, 3.63) is 35.9 Å². The van der Waals surface area contributed by atoms with Gasteiger partial charge in [0, 0.05) is 26.2 Å². The fraction of sp³-hybridized carbons (Fsp3) is 0.714. The van der Waals surface area contributed by atoms with E-state index in [1.54, 1.807) is 0 Å². The van der Waals surface area contributed by atoms with Gasteiger partial charge in [0.05, 0.1) is 12.2 Å². The highest BCUT2D eigenvalue weighted by atomic mass is 16.5. The Morgan fingerprint density at radius 2 is 1.88 bits per heavy atom. The van der Waals surface area contributed by atoms with Crippen LogP contribution in [0.15, 0.2) is 30.3 Å². The molecule has 0 saturated carbocycles. The number of ether oxygens (including phenoxy) is 1. The van der Waals surface area contributed by atoms with Gasteiger partial charge in [0.2, 0.25) is 0 Å². The van der Waals surface area contributed by atoms with Gasteiger partial charge in [-0.1, -0.05) is 30.3 Å². The summed E-state index contributed by atoms with van der Waals surface area (Å²) < 4.78 is 5.86. The van der Waals surface area contributed by atoms with E-state index in [1.807, 2.05) is 30.3 Å². The summed E-state index contributed by atoms with van der Waals surface area (Å²) in [6, 6.07) is 10.0. The summed E-state index contributed by atoms with van der Waals surface area (Å²) in [5.41, 5.74) is 1.02. The molecule has 140 valence electrons. The minimum absolute atomic E-state index is 0.371.